The van der Waals surface area contributed by atoms with Crippen LogP contribution in [0.1, 0.15) is 21.5 Å². The van der Waals surface area contributed by atoms with Crippen molar-refractivity contribution in [3.63, 3.8) is 0 Å². The Labute approximate surface area is 171 Å². The Morgan fingerprint density at radius 1 is 1.00 bits per heavy atom. The summed E-state index contributed by atoms with van der Waals surface area (Å²) in [5, 5.41) is 2.96. The van der Waals surface area contributed by atoms with Crippen LogP contribution in [0.25, 0.3) is 0 Å². The van der Waals surface area contributed by atoms with Crippen LogP contribution < -0.4 is 15.0 Å². The molecule has 1 N–H and O–H groups in total. The number of hydrogen-bond acceptors (Lipinski definition) is 5. The van der Waals surface area contributed by atoms with Crippen LogP contribution in [0.4, 0.5) is 5.69 Å². The maximum absolute atomic E-state index is 12.5. The Hall–Kier alpha value is -3.41. The van der Waals surface area contributed by atoms with E-state index >= 15 is 0 Å². The number of carbonyl (C=O) groups excluding carboxylic acids is 1. The fraction of sp³-hybridized carbons (Fsp3) is 0.261. The van der Waals surface area contributed by atoms with Crippen molar-refractivity contribution in [1.82, 2.24) is 15.3 Å². The normalized spacial score (nSPS) is 10.4. The van der Waals surface area contributed by atoms with E-state index in [9.17, 15) is 4.79 Å². The molecule has 0 radical (unpaired) electrons. The van der Waals surface area contributed by atoms with E-state index in [-0.39, 0.29) is 5.91 Å². The monoisotopic (exact) mass is 390 g/mol. The van der Waals surface area contributed by atoms with E-state index in [1.54, 1.807) is 31.9 Å². The number of methoxy groups -OCH3 is 1. The molecule has 0 spiro atoms. The topological polar surface area (TPSA) is 67.3 Å². The minimum Gasteiger partial charge on any atom is -0.497 e. The first-order valence-electron chi connectivity index (χ1n) is 9.62. The molecule has 0 bridgehead atoms. The van der Waals surface area contributed by atoms with Crippen LogP contribution in [0.5, 0.6) is 5.75 Å². The van der Waals surface area contributed by atoms with Gasteiger partial charge in [0.2, 0.25) is 0 Å². The number of rotatable bonds is 9. The summed E-state index contributed by atoms with van der Waals surface area (Å²) in [5.41, 5.74) is 3.86. The van der Waals surface area contributed by atoms with Crippen LogP contribution >= 0.6 is 0 Å². The van der Waals surface area contributed by atoms with Crippen molar-refractivity contribution in [2.45, 2.75) is 12.8 Å². The first-order valence-corrected chi connectivity index (χ1v) is 9.62. The van der Waals surface area contributed by atoms with Crippen molar-refractivity contribution in [2.75, 3.05) is 32.1 Å². The molecule has 0 saturated carbocycles. The average Bonchev–Trinajstić information content (AvgIpc) is 2.78. The molecule has 6 nitrogen and oxygen atoms in total. The van der Waals surface area contributed by atoms with Gasteiger partial charge in [-0.15, -0.1) is 0 Å². The maximum atomic E-state index is 12.5. The fourth-order valence-corrected chi connectivity index (χ4v) is 2.95. The van der Waals surface area contributed by atoms with E-state index in [1.807, 2.05) is 49.5 Å². The Morgan fingerprint density at radius 2 is 1.72 bits per heavy atom. The highest BCUT2D eigenvalue weighted by Gasteiger charge is 2.09. The lowest BCUT2D eigenvalue weighted by atomic mass is 10.1. The van der Waals surface area contributed by atoms with Crippen LogP contribution in [-0.4, -0.2) is 43.1 Å². The fourth-order valence-electron chi connectivity index (χ4n) is 2.95. The molecule has 0 fully saturated rings. The van der Waals surface area contributed by atoms with E-state index < -0.39 is 0 Å². The van der Waals surface area contributed by atoms with E-state index in [0.29, 0.717) is 12.1 Å². The van der Waals surface area contributed by atoms with Crippen LogP contribution in [0.3, 0.4) is 0 Å². The number of amides is 1. The van der Waals surface area contributed by atoms with Crippen molar-refractivity contribution in [3.05, 3.63) is 83.9 Å². The van der Waals surface area contributed by atoms with Crippen molar-refractivity contribution in [2.24, 2.45) is 0 Å². The van der Waals surface area contributed by atoms with Gasteiger partial charge >= 0.3 is 0 Å². The largest absolute Gasteiger partial charge is 0.497 e. The third kappa shape index (κ3) is 6.04. The first kappa shape index (κ1) is 20.3. The molecule has 29 heavy (non-hydrogen) atoms. The summed E-state index contributed by atoms with van der Waals surface area (Å²) in [6.07, 6.45) is 8.64. The molecular formula is C23H26N4O2. The second kappa shape index (κ2) is 10.2. The molecular weight excluding hydrogens is 364 g/mol. The average molecular weight is 390 g/mol. The SMILES string of the molecule is COc1ccc(CCNC(=O)c2cncc(N(C)CCc3ccncc3)c2)cc1. The summed E-state index contributed by atoms with van der Waals surface area (Å²) in [7, 11) is 3.65. The zero-order valence-electron chi connectivity index (χ0n) is 16.8. The van der Waals surface area contributed by atoms with E-state index in [0.717, 1.165) is 36.4 Å². The van der Waals surface area contributed by atoms with Crippen molar-refractivity contribution < 1.29 is 9.53 Å². The number of likely N-dealkylation sites (N-methyl/N-ethyl adjacent to an activating group) is 1. The molecule has 0 saturated heterocycles. The highest BCUT2D eigenvalue weighted by atomic mass is 16.5. The number of hydrogen-bond donors (Lipinski definition) is 1. The number of carbonyl (C=O) groups is 1. The molecule has 0 unspecified atom stereocenters. The molecule has 1 amide bonds. The Kier molecular flexibility index (Phi) is 7.16. The predicted octanol–water partition coefficient (Wildman–Crippen LogP) is 3.14. The standard InChI is InChI=1S/C23H26N4O2/c1-27(14-10-19-7-11-24-12-8-19)21-15-20(16-25-17-21)23(28)26-13-9-18-3-5-22(29-2)6-4-18/h3-8,11-12,15-17H,9-10,13-14H2,1-2H3,(H,26,28). The smallest absolute Gasteiger partial charge is 0.252 e. The molecule has 1 aromatic carbocycles. The summed E-state index contributed by atoms with van der Waals surface area (Å²) in [5.74, 6) is 0.712. The van der Waals surface area contributed by atoms with Gasteiger partial charge in [0, 0.05) is 38.7 Å². The number of anilines is 1. The summed E-state index contributed by atoms with van der Waals surface area (Å²) in [4.78, 5) is 22.9. The summed E-state index contributed by atoms with van der Waals surface area (Å²) < 4.78 is 5.16. The van der Waals surface area contributed by atoms with Gasteiger partial charge in [-0.1, -0.05) is 12.1 Å². The Balaban J connectivity index is 1.51. The lowest BCUT2D eigenvalue weighted by Crippen LogP contribution is -2.26. The van der Waals surface area contributed by atoms with Crippen molar-refractivity contribution in [1.29, 1.82) is 0 Å². The number of nitrogens with zero attached hydrogens (tertiary/aromatic N) is 3. The Bertz CT molecular complexity index is 914. The predicted molar refractivity (Wildman–Crippen MR) is 114 cm³/mol. The molecule has 2 aromatic heterocycles. The minimum absolute atomic E-state index is 0.115. The Morgan fingerprint density at radius 3 is 2.45 bits per heavy atom. The summed E-state index contributed by atoms with van der Waals surface area (Å²) in [6.45, 7) is 1.39. The molecule has 0 atom stereocenters. The quantitative estimate of drug-likeness (QED) is 0.608. The van der Waals surface area contributed by atoms with Gasteiger partial charge in [0.25, 0.3) is 5.91 Å². The summed E-state index contributed by atoms with van der Waals surface area (Å²) in [6, 6.07) is 13.8. The van der Waals surface area contributed by atoms with Crippen molar-refractivity contribution >= 4 is 11.6 Å². The zero-order chi connectivity index (χ0) is 20.5. The van der Waals surface area contributed by atoms with Gasteiger partial charge in [-0.3, -0.25) is 14.8 Å². The highest BCUT2D eigenvalue weighted by molar-refractivity contribution is 5.94. The van der Waals surface area contributed by atoms with Crippen LogP contribution in [0.15, 0.2) is 67.3 Å². The van der Waals surface area contributed by atoms with Crippen LogP contribution in [-0.2, 0) is 12.8 Å². The number of benzene rings is 1. The molecule has 3 rings (SSSR count). The van der Waals surface area contributed by atoms with Gasteiger partial charge in [0.05, 0.1) is 24.6 Å². The van der Waals surface area contributed by atoms with Gasteiger partial charge in [0.15, 0.2) is 0 Å². The number of ether oxygens (including phenoxy) is 1. The zero-order valence-corrected chi connectivity index (χ0v) is 16.8. The third-order valence-corrected chi connectivity index (χ3v) is 4.77. The minimum atomic E-state index is -0.115. The molecule has 6 heteroatoms. The number of nitrogens with one attached hydrogen (secondary N) is 1. The van der Waals surface area contributed by atoms with E-state index in [2.05, 4.69) is 20.2 Å². The molecule has 3 aromatic rings. The lowest BCUT2D eigenvalue weighted by molar-refractivity contribution is 0.0954. The summed E-state index contributed by atoms with van der Waals surface area (Å²) >= 11 is 0. The second-order valence-corrected chi connectivity index (χ2v) is 6.81. The molecule has 0 aliphatic carbocycles. The van der Waals surface area contributed by atoms with Gasteiger partial charge in [-0.05, 0) is 54.3 Å². The molecule has 2 heterocycles. The van der Waals surface area contributed by atoms with E-state index in [4.69, 9.17) is 4.74 Å². The second-order valence-electron chi connectivity index (χ2n) is 6.81. The van der Waals surface area contributed by atoms with E-state index in [1.165, 1.54) is 5.56 Å². The molecule has 0 aliphatic rings. The van der Waals surface area contributed by atoms with Crippen LogP contribution in [0.2, 0.25) is 0 Å². The molecule has 150 valence electrons. The molecule has 0 aliphatic heterocycles. The number of aromatic nitrogens is 2. The van der Waals surface area contributed by atoms with Gasteiger partial charge in [0.1, 0.15) is 5.75 Å². The maximum Gasteiger partial charge on any atom is 0.252 e. The third-order valence-electron chi connectivity index (χ3n) is 4.77. The van der Waals surface area contributed by atoms with Crippen LogP contribution in [0, 0.1) is 0 Å². The highest BCUT2D eigenvalue weighted by Crippen LogP contribution is 2.14. The van der Waals surface area contributed by atoms with Gasteiger partial charge < -0.3 is 15.0 Å². The number of pyridine rings is 2. The van der Waals surface area contributed by atoms with Gasteiger partial charge in [-0.2, -0.15) is 0 Å². The van der Waals surface area contributed by atoms with Gasteiger partial charge in [-0.25, -0.2) is 0 Å². The first-order chi connectivity index (χ1) is 14.2. The van der Waals surface area contributed by atoms with Crippen molar-refractivity contribution in [3.8, 4) is 5.75 Å². The lowest BCUT2D eigenvalue weighted by Gasteiger charge is -2.19.